The number of carbonyl (C=O) groups excluding carboxylic acids is 1. The zero-order valence-corrected chi connectivity index (χ0v) is 12.3. The molecule has 0 bridgehead atoms. The van der Waals surface area contributed by atoms with E-state index >= 15 is 0 Å². The van der Waals surface area contributed by atoms with Gasteiger partial charge in [0.15, 0.2) is 0 Å². The first-order valence-corrected chi connectivity index (χ1v) is 7.41. The number of hydrogen-bond acceptors (Lipinski definition) is 3. The van der Waals surface area contributed by atoms with Gasteiger partial charge >= 0.3 is 5.97 Å². The molecular weight excluding hydrogens is 268 g/mol. The fourth-order valence-corrected chi connectivity index (χ4v) is 2.63. The van der Waals surface area contributed by atoms with Crippen molar-refractivity contribution >= 4 is 11.9 Å². The molecule has 0 fully saturated rings. The molecule has 2 N–H and O–H groups in total. The molecule has 2 rings (SSSR count). The molecule has 0 saturated heterocycles. The lowest BCUT2D eigenvalue weighted by Crippen LogP contribution is -2.40. The van der Waals surface area contributed by atoms with Gasteiger partial charge < -0.3 is 10.4 Å². The van der Waals surface area contributed by atoms with E-state index in [1.165, 1.54) is 11.1 Å². The molecule has 1 aromatic rings. The van der Waals surface area contributed by atoms with Crippen molar-refractivity contribution in [3.05, 3.63) is 35.4 Å². The SMILES string of the molecule is CC[C@@H](NC(=O)CCCN1Cc2ccccc2C1)C(=O)O. The number of rotatable bonds is 7. The minimum absolute atomic E-state index is 0.180. The molecule has 1 aliphatic heterocycles. The highest BCUT2D eigenvalue weighted by Gasteiger charge is 2.19. The van der Waals surface area contributed by atoms with Gasteiger partial charge in [-0.3, -0.25) is 9.69 Å². The molecule has 0 aliphatic carbocycles. The van der Waals surface area contributed by atoms with Crippen LogP contribution in [0, 0.1) is 0 Å². The maximum absolute atomic E-state index is 11.7. The summed E-state index contributed by atoms with van der Waals surface area (Å²) < 4.78 is 0. The van der Waals surface area contributed by atoms with Gasteiger partial charge in [-0.15, -0.1) is 0 Å². The predicted octanol–water partition coefficient (Wildman–Crippen LogP) is 1.76. The Balaban J connectivity index is 1.69. The molecule has 0 spiro atoms. The van der Waals surface area contributed by atoms with Gasteiger partial charge in [0.05, 0.1) is 0 Å². The highest BCUT2D eigenvalue weighted by Crippen LogP contribution is 2.22. The zero-order valence-electron chi connectivity index (χ0n) is 12.3. The van der Waals surface area contributed by atoms with Gasteiger partial charge in [0.1, 0.15) is 6.04 Å². The van der Waals surface area contributed by atoms with Gasteiger partial charge in [-0.25, -0.2) is 4.79 Å². The van der Waals surface area contributed by atoms with Crippen molar-refractivity contribution in [1.29, 1.82) is 0 Å². The number of fused-ring (bicyclic) bond motifs is 1. The average molecular weight is 290 g/mol. The third kappa shape index (κ3) is 4.29. The molecule has 1 atom stereocenters. The smallest absolute Gasteiger partial charge is 0.326 e. The maximum Gasteiger partial charge on any atom is 0.326 e. The molecule has 1 amide bonds. The highest BCUT2D eigenvalue weighted by molar-refractivity contribution is 5.83. The Morgan fingerprint density at radius 1 is 1.29 bits per heavy atom. The van der Waals surface area contributed by atoms with Gasteiger partial charge in [0.25, 0.3) is 0 Å². The van der Waals surface area contributed by atoms with Crippen LogP contribution in [-0.2, 0) is 22.7 Å². The van der Waals surface area contributed by atoms with Gasteiger partial charge in [0.2, 0.25) is 5.91 Å². The second-order valence-corrected chi connectivity index (χ2v) is 5.45. The second-order valence-electron chi connectivity index (χ2n) is 5.45. The lowest BCUT2D eigenvalue weighted by molar-refractivity contribution is -0.141. The van der Waals surface area contributed by atoms with Crippen LogP contribution in [-0.4, -0.2) is 34.5 Å². The minimum Gasteiger partial charge on any atom is -0.480 e. The molecule has 114 valence electrons. The Labute approximate surface area is 125 Å². The van der Waals surface area contributed by atoms with E-state index in [2.05, 4.69) is 22.3 Å². The zero-order chi connectivity index (χ0) is 15.2. The molecule has 5 heteroatoms. The van der Waals surface area contributed by atoms with Crippen molar-refractivity contribution < 1.29 is 14.7 Å². The molecular formula is C16H22N2O3. The van der Waals surface area contributed by atoms with E-state index in [-0.39, 0.29) is 5.91 Å². The molecule has 1 heterocycles. The van der Waals surface area contributed by atoms with Crippen LogP contribution in [0.2, 0.25) is 0 Å². The molecule has 0 aromatic heterocycles. The first-order chi connectivity index (χ1) is 10.1. The van der Waals surface area contributed by atoms with Crippen molar-refractivity contribution in [2.24, 2.45) is 0 Å². The normalized spacial score (nSPS) is 15.5. The highest BCUT2D eigenvalue weighted by atomic mass is 16.4. The lowest BCUT2D eigenvalue weighted by Gasteiger charge is -2.15. The largest absolute Gasteiger partial charge is 0.480 e. The number of amides is 1. The standard InChI is InChI=1S/C16H22N2O3/c1-2-14(16(20)21)17-15(19)8-5-9-18-10-12-6-3-4-7-13(12)11-18/h3-4,6-7,14H,2,5,8-11H2,1H3,(H,17,19)(H,20,21)/t14-/m1/s1. The average Bonchev–Trinajstić information content (AvgIpc) is 2.87. The van der Waals surface area contributed by atoms with Gasteiger partial charge in [-0.05, 0) is 30.5 Å². The molecule has 1 aliphatic rings. The number of benzene rings is 1. The maximum atomic E-state index is 11.7. The van der Waals surface area contributed by atoms with Crippen molar-refractivity contribution in [3.63, 3.8) is 0 Å². The minimum atomic E-state index is -0.971. The van der Waals surface area contributed by atoms with E-state index < -0.39 is 12.0 Å². The number of carbonyl (C=O) groups is 2. The predicted molar refractivity (Wildman–Crippen MR) is 79.6 cm³/mol. The van der Waals surface area contributed by atoms with Gasteiger partial charge in [-0.1, -0.05) is 31.2 Å². The second kappa shape index (κ2) is 7.22. The summed E-state index contributed by atoms with van der Waals surface area (Å²) in [5, 5.41) is 11.4. The van der Waals surface area contributed by atoms with Gasteiger partial charge in [-0.2, -0.15) is 0 Å². The van der Waals surface area contributed by atoms with Crippen LogP contribution in [0.25, 0.3) is 0 Å². The summed E-state index contributed by atoms with van der Waals surface area (Å²) in [6.45, 7) is 4.47. The summed E-state index contributed by atoms with van der Waals surface area (Å²) in [6.07, 6.45) is 1.52. The fraction of sp³-hybridized carbons (Fsp3) is 0.500. The van der Waals surface area contributed by atoms with E-state index in [0.717, 1.165) is 26.1 Å². The number of carboxylic acid groups (broad SMARTS) is 1. The molecule has 0 saturated carbocycles. The summed E-state index contributed by atoms with van der Waals surface area (Å²) in [5.41, 5.74) is 2.72. The molecule has 5 nitrogen and oxygen atoms in total. The third-order valence-electron chi connectivity index (χ3n) is 3.83. The van der Waals surface area contributed by atoms with Crippen LogP contribution in [0.15, 0.2) is 24.3 Å². The van der Waals surface area contributed by atoms with Gasteiger partial charge in [0, 0.05) is 19.5 Å². The van der Waals surface area contributed by atoms with Crippen molar-refractivity contribution in [3.8, 4) is 0 Å². The molecule has 0 unspecified atom stereocenters. The number of carboxylic acids is 1. The summed E-state index contributed by atoms with van der Waals surface area (Å²) in [5.74, 6) is -1.15. The Morgan fingerprint density at radius 2 is 1.90 bits per heavy atom. The molecule has 1 aromatic carbocycles. The summed E-state index contributed by atoms with van der Waals surface area (Å²) >= 11 is 0. The number of nitrogens with one attached hydrogen (secondary N) is 1. The molecule has 21 heavy (non-hydrogen) atoms. The Hall–Kier alpha value is -1.88. The van der Waals surface area contributed by atoms with Crippen molar-refractivity contribution in [2.75, 3.05) is 6.54 Å². The first kappa shape index (κ1) is 15.5. The van der Waals surface area contributed by atoms with E-state index in [4.69, 9.17) is 5.11 Å². The van der Waals surface area contributed by atoms with E-state index in [1.807, 2.05) is 12.1 Å². The van der Waals surface area contributed by atoms with Crippen LogP contribution in [0.3, 0.4) is 0 Å². The monoisotopic (exact) mass is 290 g/mol. The Bertz CT molecular complexity index is 491. The van der Waals surface area contributed by atoms with E-state index in [1.54, 1.807) is 6.92 Å². The Morgan fingerprint density at radius 3 is 2.43 bits per heavy atom. The number of nitrogens with zero attached hydrogens (tertiary/aromatic N) is 1. The Kier molecular flexibility index (Phi) is 5.33. The molecule has 0 radical (unpaired) electrons. The summed E-state index contributed by atoms with van der Waals surface area (Å²) in [4.78, 5) is 24.9. The lowest BCUT2D eigenvalue weighted by atomic mass is 10.1. The van der Waals surface area contributed by atoms with Crippen LogP contribution in [0.1, 0.15) is 37.3 Å². The van der Waals surface area contributed by atoms with Crippen molar-refractivity contribution in [2.45, 2.75) is 45.3 Å². The van der Waals surface area contributed by atoms with E-state index in [9.17, 15) is 9.59 Å². The van der Waals surface area contributed by atoms with Crippen LogP contribution < -0.4 is 5.32 Å². The van der Waals surface area contributed by atoms with Crippen LogP contribution in [0.4, 0.5) is 0 Å². The summed E-state index contributed by atoms with van der Waals surface area (Å²) in [6, 6.07) is 7.61. The van der Waals surface area contributed by atoms with Crippen LogP contribution >= 0.6 is 0 Å². The quantitative estimate of drug-likeness (QED) is 0.803. The topological polar surface area (TPSA) is 69.6 Å². The number of hydrogen-bond donors (Lipinski definition) is 2. The number of aliphatic carboxylic acids is 1. The first-order valence-electron chi connectivity index (χ1n) is 7.41. The van der Waals surface area contributed by atoms with Crippen LogP contribution in [0.5, 0.6) is 0 Å². The fourth-order valence-electron chi connectivity index (χ4n) is 2.63. The van der Waals surface area contributed by atoms with E-state index in [0.29, 0.717) is 12.8 Å². The third-order valence-corrected chi connectivity index (χ3v) is 3.83. The summed E-state index contributed by atoms with van der Waals surface area (Å²) in [7, 11) is 0. The van der Waals surface area contributed by atoms with Crippen molar-refractivity contribution in [1.82, 2.24) is 10.2 Å².